The lowest BCUT2D eigenvalue weighted by atomic mass is 10.2. The van der Waals surface area contributed by atoms with E-state index in [4.69, 9.17) is 0 Å². The van der Waals surface area contributed by atoms with E-state index in [0.717, 1.165) is 3.57 Å². The number of rotatable bonds is 3. The van der Waals surface area contributed by atoms with Gasteiger partial charge in [-0.15, -0.1) is 0 Å². The largest absolute Gasteiger partial charge is 0.480 e. The highest BCUT2D eigenvalue weighted by molar-refractivity contribution is 14.1. The summed E-state index contributed by atoms with van der Waals surface area (Å²) in [6.07, 6.45) is 0.340. The molecule has 1 atom stereocenters. The third kappa shape index (κ3) is 2.49. The summed E-state index contributed by atoms with van der Waals surface area (Å²) in [6.45, 7) is 3.40. The number of benzene rings is 1. The Kier molecular flexibility index (Phi) is 3.88. The van der Waals surface area contributed by atoms with Crippen molar-refractivity contribution in [3.05, 3.63) is 37.9 Å². The van der Waals surface area contributed by atoms with Gasteiger partial charge in [-0.25, -0.2) is 9.78 Å². The van der Waals surface area contributed by atoms with Gasteiger partial charge < -0.3 is 5.11 Å². The number of carboxylic acid groups (broad SMARTS) is 1. The first-order valence-electron chi connectivity index (χ1n) is 5.87. The summed E-state index contributed by atoms with van der Waals surface area (Å²) in [5.74, 6) is -0.590. The number of carboxylic acids is 1. The molecule has 2 rings (SSSR count). The summed E-state index contributed by atoms with van der Waals surface area (Å²) in [6, 6.07) is 4.50. The SMILES string of the molecule is CCC(C(=O)O)n1c(C)nc2ccc(I)cc2c1=O. The predicted molar refractivity (Wildman–Crippen MR) is 80.4 cm³/mol. The second-order valence-corrected chi connectivity index (χ2v) is 5.50. The van der Waals surface area contributed by atoms with Crippen LogP contribution in [0.3, 0.4) is 0 Å². The number of aromatic nitrogens is 2. The molecule has 2 aromatic rings. The van der Waals surface area contributed by atoms with Crippen molar-refractivity contribution in [3.8, 4) is 0 Å². The first-order chi connectivity index (χ1) is 8.95. The fourth-order valence-electron chi connectivity index (χ4n) is 2.12. The first kappa shape index (κ1) is 14.0. The monoisotopic (exact) mass is 372 g/mol. The van der Waals surface area contributed by atoms with Crippen LogP contribution in [0.4, 0.5) is 0 Å². The first-order valence-corrected chi connectivity index (χ1v) is 6.94. The molecule has 0 fully saturated rings. The van der Waals surface area contributed by atoms with Crippen molar-refractivity contribution in [1.29, 1.82) is 0 Å². The van der Waals surface area contributed by atoms with Crippen LogP contribution < -0.4 is 5.56 Å². The Morgan fingerprint density at radius 2 is 2.21 bits per heavy atom. The molecule has 1 unspecified atom stereocenters. The molecule has 0 spiro atoms. The Morgan fingerprint density at radius 3 is 2.79 bits per heavy atom. The minimum absolute atomic E-state index is 0.296. The zero-order chi connectivity index (χ0) is 14.2. The van der Waals surface area contributed by atoms with E-state index in [0.29, 0.717) is 23.1 Å². The van der Waals surface area contributed by atoms with Gasteiger partial charge in [-0.05, 0) is 54.1 Å². The molecule has 0 saturated carbocycles. The maximum absolute atomic E-state index is 12.5. The van der Waals surface area contributed by atoms with Crippen molar-refractivity contribution >= 4 is 39.5 Å². The highest BCUT2D eigenvalue weighted by Crippen LogP contribution is 2.16. The minimum atomic E-state index is -1.01. The number of hydrogen-bond acceptors (Lipinski definition) is 3. The van der Waals surface area contributed by atoms with Gasteiger partial charge in [0.15, 0.2) is 0 Å². The zero-order valence-electron chi connectivity index (χ0n) is 10.6. The van der Waals surface area contributed by atoms with Crippen LogP contribution in [-0.4, -0.2) is 20.6 Å². The van der Waals surface area contributed by atoms with E-state index in [1.54, 1.807) is 26.0 Å². The molecule has 0 aliphatic rings. The van der Waals surface area contributed by atoms with E-state index in [-0.39, 0.29) is 5.56 Å². The van der Waals surface area contributed by atoms with Gasteiger partial charge in [-0.3, -0.25) is 9.36 Å². The third-order valence-corrected chi connectivity index (χ3v) is 3.69. The van der Waals surface area contributed by atoms with E-state index < -0.39 is 12.0 Å². The molecule has 100 valence electrons. The smallest absolute Gasteiger partial charge is 0.326 e. The highest BCUT2D eigenvalue weighted by atomic mass is 127. The Bertz CT molecular complexity index is 709. The van der Waals surface area contributed by atoms with E-state index >= 15 is 0 Å². The number of fused-ring (bicyclic) bond motifs is 1. The van der Waals surface area contributed by atoms with E-state index in [1.165, 1.54) is 4.57 Å². The average molecular weight is 372 g/mol. The summed E-state index contributed by atoms with van der Waals surface area (Å²) in [4.78, 5) is 28.0. The molecule has 19 heavy (non-hydrogen) atoms. The van der Waals surface area contributed by atoms with E-state index in [9.17, 15) is 14.7 Å². The lowest BCUT2D eigenvalue weighted by molar-refractivity contribution is -0.141. The number of hydrogen-bond donors (Lipinski definition) is 1. The Morgan fingerprint density at radius 1 is 1.53 bits per heavy atom. The quantitative estimate of drug-likeness (QED) is 0.840. The maximum Gasteiger partial charge on any atom is 0.326 e. The van der Waals surface area contributed by atoms with Crippen LogP contribution in [0.25, 0.3) is 10.9 Å². The molecule has 0 radical (unpaired) electrons. The summed E-state index contributed by atoms with van der Waals surface area (Å²) in [5.41, 5.74) is 0.301. The lowest BCUT2D eigenvalue weighted by Gasteiger charge is -2.16. The Balaban J connectivity index is 2.81. The topological polar surface area (TPSA) is 72.2 Å². The molecule has 1 aromatic carbocycles. The Labute approximate surface area is 123 Å². The van der Waals surface area contributed by atoms with Crippen LogP contribution in [0.1, 0.15) is 25.2 Å². The summed E-state index contributed by atoms with van der Waals surface area (Å²) < 4.78 is 2.18. The van der Waals surface area contributed by atoms with Gasteiger partial charge in [-0.1, -0.05) is 6.92 Å². The second-order valence-electron chi connectivity index (χ2n) is 4.26. The van der Waals surface area contributed by atoms with Crippen LogP contribution >= 0.6 is 22.6 Å². The molecule has 0 aliphatic carbocycles. The second kappa shape index (κ2) is 5.28. The number of nitrogens with zero attached hydrogens (tertiary/aromatic N) is 2. The molecule has 6 heteroatoms. The molecule has 5 nitrogen and oxygen atoms in total. The van der Waals surface area contributed by atoms with E-state index in [1.807, 2.05) is 6.07 Å². The van der Waals surface area contributed by atoms with Gasteiger partial charge in [0.25, 0.3) is 5.56 Å². The van der Waals surface area contributed by atoms with Gasteiger partial charge in [0.1, 0.15) is 11.9 Å². The third-order valence-electron chi connectivity index (χ3n) is 3.02. The molecule has 0 amide bonds. The Hall–Kier alpha value is -1.44. The van der Waals surface area contributed by atoms with Crippen LogP contribution in [0.15, 0.2) is 23.0 Å². The van der Waals surface area contributed by atoms with Crippen molar-refractivity contribution in [1.82, 2.24) is 9.55 Å². The number of aliphatic carboxylic acids is 1. The van der Waals surface area contributed by atoms with Gasteiger partial charge in [0, 0.05) is 3.57 Å². The summed E-state index contributed by atoms with van der Waals surface area (Å²) in [7, 11) is 0. The van der Waals surface area contributed by atoms with Crippen LogP contribution in [0, 0.1) is 10.5 Å². The lowest BCUT2D eigenvalue weighted by Crippen LogP contribution is -2.32. The molecule has 1 N–H and O–H groups in total. The predicted octanol–water partition coefficient (Wildman–Crippen LogP) is 2.35. The molecule has 0 bridgehead atoms. The van der Waals surface area contributed by atoms with Gasteiger partial charge in [0.2, 0.25) is 0 Å². The average Bonchev–Trinajstić information content (AvgIpc) is 2.35. The van der Waals surface area contributed by atoms with Crippen molar-refractivity contribution in [2.75, 3.05) is 0 Å². The van der Waals surface area contributed by atoms with E-state index in [2.05, 4.69) is 27.6 Å². The van der Waals surface area contributed by atoms with Crippen molar-refractivity contribution in [3.63, 3.8) is 0 Å². The number of carbonyl (C=O) groups is 1. The fourth-order valence-corrected chi connectivity index (χ4v) is 2.61. The van der Waals surface area contributed by atoms with Crippen LogP contribution in [0.5, 0.6) is 0 Å². The molecule has 1 heterocycles. The maximum atomic E-state index is 12.5. The standard InChI is InChI=1S/C13H13IN2O3/c1-3-11(13(18)19)16-7(2)15-10-5-4-8(14)6-9(10)12(16)17/h4-6,11H,3H2,1-2H3,(H,18,19). The molecular weight excluding hydrogens is 359 g/mol. The fraction of sp³-hybridized carbons (Fsp3) is 0.308. The van der Waals surface area contributed by atoms with Gasteiger partial charge >= 0.3 is 5.97 Å². The number of halogens is 1. The summed E-state index contributed by atoms with van der Waals surface area (Å²) >= 11 is 2.11. The molecule has 0 saturated heterocycles. The van der Waals surface area contributed by atoms with Crippen molar-refractivity contribution < 1.29 is 9.90 Å². The van der Waals surface area contributed by atoms with Crippen LogP contribution in [0.2, 0.25) is 0 Å². The number of aryl methyl sites for hydroxylation is 1. The molecule has 1 aromatic heterocycles. The molecular formula is C13H13IN2O3. The highest BCUT2D eigenvalue weighted by Gasteiger charge is 2.22. The van der Waals surface area contributed by atoms with Gasteiger partial charge in [-0.2, -0.15) is 0 Å². The van der Waals surface area contributed by atoms with Gasteiger partial charge in [0.05, 0.1) is 10.9 Å². The zero-order valence-corrected chi connectivity index (χ0v) is 12.7. The van der Waals surface area contributed by atoms with Crippen LogP contribution in [-0.2, 0) is 4.79 Å². The molecule has 0 aliphatic heterocycles. The summed E-state index contributed by atoms with van der Waals surface area (Å²) in [5, 5.41) is 9.67. The normalized spacial score (nSPS) is 12.6. The van der Waals surface area contributed by atoms with Crippen molar-refractivity contribution in [2.24, 2.45) is 0 Å². The minimum Gasteiger partial charge on any atom is -0.480 e. The van der Waals surface area contributed by atoms with Crippen molar-refractivity contribution in [2.45, 2.75) is 26.3 Å².